The Morgan fingerprint density at radius 1 is 1.52 bits per heavy atom. The maximum atomic E-state index is 12.5. The number of halogens is 1. The van der Waals surface area contributed by atoms with E-state index in [0.29, 0.717) is 23.1 Å². The van der Waals surface area contributed by atoms with Crippen LogP contribution in [0.5, 0.6) is 0 Å². The van der Waals surface area contributed by atoms with E-state index in [1.165, 1.54) is 12.1 Å². The maximum Gasteiger partial charge on any atom is 0.284 e. The number of methoxy groups -OCH3 is 1. The van der Waals surface area contributed by atoms with Crippen LogP contribution in [0.2, 0.25) is 0 Å². The second-order valence-electron chi connectivity index (χ2n) is 5.41. The lowest BCUT2D eigenvalue weighted by molar-refractivity contribution is -0.385. The zero-order valence-corrected chi connectivity index (χ0v) is 13.6. The zero-order chi connectivity index (χ0) is 15.6. The van der Waals surface area contributed by atoms with Gasteiger partial charge in [0.25, 0.3) is 11.6 Å². The Kier molecular flexibility index (Phi) is 4.63. The largest absolute Gasteiger partial charge is 0.377 e. The van der Waals surface area contributed by atoms with Gasteiger partial charge in [-0.05, 0) is 47.8 Å². The first-order chi connectivity index (χ1) is 9.86. The van der Waals surface area contributed by atoms with Gasteiger partial charge in [0, 0.05) is 31.8 Å². The van der Waals surface area contributed by atoms with Crippen LogP contribution >= 0.6 is 15.9 Å². The molecule has 1 aromatic rings. The van der Waals surface area contributed by atoms with Crippen LogP contribution in [0.15, 0.2) is 22.7 Å². The van der Waals surface area contributed by atoms with Crippen LogP contribution < -0.4 is 0 Å². The number of carbonyl (C=O) groups is 1. The summed E-state index contributed by atoms with van der Waals surface area (Å²) in [5.41, 5.74) is -0.132. The average Bonchev–Trinajstić information content (AvgIpc) is 2.47. The molecule has 0 aromatic heterocycles. The summed E-state index contributed by atoms with van der Waals surface area (Å²) in [5.74, 6) is -0.200. The molecule has 1 atom stereocenters. The Bertz CT molecular complexity index is 578. The Hall–Kier alpha value is -1.47. The van der Waals surface area contributed by atoms with Crippen LogP contribution in [-0.4, -0.2) is 41.5 Å². The number of likely N-dealkylation sites (tertiary alicyclic amines) is 1. The van der Waals surface area contributed by atoms with Gasteiger partial charge in [-0.15, -0.1) is 0 Å². The third-order valence-electron chi connectivity index (χ3n) is 3.83. The molecule has 2 rings (SSSR count). The second kappa shape index (κ2) is 6.11. The normalized spacial score (nSPS) is 22.1. The van der Waals surface area contributed by atoms with E-state index in [-0.39, 0.29) is 17.2 Å². The van der Waals surface area contributed by atoms with Gasteiger partial charge >= 0.3 is 0 Å². The molecule has 0 aliphatic carbocycles. The van der Waals surface area contributed by atoms with Crippen LogP contribution in [0.25, 0.3) is 0 Å². The fourth-order valence-electron chi connectivity index (χ4n) is 2.51. The fourth-order valence-corrected chi connectivity index (χ4v) is 2.91. The van der Waals surface area contributed by atoms with E-state index in [1.807, 2.05) is 6.92 Å². The number of piperidine rings is 1. The minimum atomic E-state index is -0.504. The number of hydrogen-bond donors (Lipinski definition) is 0. The van der Waals surface area contributed by atoms with Gasteiger partial charge in [0.05, 0.1) is 15.0 Å². The molecule has 1 aliphatic rings. The van der Waals surface area contributed by atoms with Crippen molar-refractivity contribution >= 4 is 27.5 Å². The molecule has 1 saturated heterocycles. The Balaban J connectivity index is 2.24. The SMILES string of the molecule is COC1(C)CCCN(C(=O)c2ccc(Br)c([N+](=O)[O-])c2)C1. The number of amides is 1. The number of ether oxygens (including phenoxy) is 1. The number of nitro groups is 1. The van der Waals surface area contributed by atoms with E-state index in [2.05, 4.69) is 15.9 Å². The molecule has 1 fully saturated rings. The van der Waals surface area contributed by atoms with Gasteiger partial charge in [0.2, 0.25) is 0 Å². The number of benzene rings is 1. The van der Waals surface area contributed by atoms with Crippen molar-refractivity contribution in [3.63, 3.8) is 0 Å². The molecule has 0 N–H and O–H groups in total. The Labute approximate surface area is 131 Å². The summed E-state index contributed by atoms with van der Waals surface area (Å²) in [6, 6.07) is 4.44. The number of nitro benzene ring substituents is 1. The van der Waals surface area contributed by atoms with Crippen molar-refractivity contribution < 1.29 is 14.5 Å². The average molecular weight is 357 g/mol. The number of hydrogen-bond acceptors (Lipinski definition) is 4. The topological polar surface area (TPSA) is 72.7 Å². The Morgan fingerprint density at radius 2 is 2.24 bits per heavy atom. The molecule has 1 aliphatic heterocycles. The molecule has 1 amide bonds. The van der Waals surface area contributed by atoms with Crippen molar-refractivity contribution in [1.29, 1.82) is 0 Å². The lowest BCUT2D eigenvalue weighted by atomic mass is 9.94. The highest BCUT2D eigenvalue weighted by atomic mass is 79.9. The summed E-state index contributed by atoms with van der Waals surface area (Å²) in [5, 5.41) is 11.0. The van der Waals surface area contributed by atoms with E-state index in [9.17, 15) is 14.9 Å². The highest BCUT2D eigenvalue weighted by Crippen LogP contribution is 2.28. The summed E-state index contributed by atoms with van der Waals surface area (Å²) < 4.78 is 5.83. The van der Waals surface area contributed by atoms with Gasteiger partial charge in [-0.3, -0.25) is 14.9 Å². The highest BCUT2D eigenvalue weighted by molar-refractivity contribution is 9.10. The lowest BCUT2D eigenvalue weighted by Crippen LogP contribution is -2.49. The molecule has 0 radical (unpaired) electrons. The second-order valence-corrected chi connectivity index (χ2v) is 6.26. The van der Waals surface area contributed by atoms with E-state index < -0.39 is 4.92 Å². The third-order valence-corrected chi connectivity index (χ3v) is 4.50. The zero-order valence-electron chi connectivity index (χ0n) is 12.0. The van der Waals surface area contributed by atoms with Crippen molar-refractivity contribution in [3.05, 3.63) is 38.3 Å². The summed E-state index contributed by atoms with van der Waals surface area (Å²) in [6.45, 7) is 3.10. The van der Waals surface area contributed by atoms with Crippen molar-refractivity contribution in [2.75, 3.05) is 20.2 Å². The monoisotopic (exact) mass is 356 g/mol. The molecule has 0 saturated carbocycles. The standard InChI is InChI=1S/C14H17BrN2O4/c1-14(21-2)6-3-7-16(9-14)13(18)10-4-5-11(15)12(8-10)17(19)20/h4-5,8H,3,6-7,9H2,1-2H3. The van der Waals surface area contributed by atoms with E-state index >= 15 is 0 Å². The summed E-state index contributed by atoms with van der Waals surface area (Å²) in [7, 11) is 1.64. The molecule has 0 bridgehead atoms. The molecule has 1 unspecified atom stereocenters. The molecule has 6 nitrogen and oxygen atoms in total. The smallest absolute Gasteiger partial charge is 0.284 e. The van der Waals surface area contributed by atoms with Crippen LogP contribution in [0.1, 0.15) is 30.1 Å². The first-order valence-electron chi connectivity index (χ1n) is 6.65. The van der Waals surface area contributed by atoms with Crippen LogP contribution in [0.4, 0.5) is 5.69 Å². The minimum absolute atomic E-state index is 0.104. The molecule has 7 heteroatoms. The summed E-state index contributed by atoms with van der Waals surface area (Å²) in [4.78, 5) is 24.7. The Morgan fingerprint density at radius 3 is 2.86 bits per heavy atom. The number of carbonyl (C=O) groups excluding carboxylic acids is 1. The summed E-state index contributed by atoms with van der Waals surface area (Å²) in [6.07, 6.45) is 1.75. The highest BCUT2D eigenvalue weighted by Gasteiger charge is 2.33. The van der Waals surface area contributed by atoms with Gasteiger partial charge in [0.15, 0.2) is 0 Å². The van der Waals surface area contributed by atoms with Gasteiger partial charge in [-0.1, -0.05) is 0 Å². The molecular weight excluding hydrogens is 340 g/mol. The quantitative estimate of drug-likeness (QED) is 0.616. The van der Waals surface area contributed by atoms with E-state index in [0.717, 1.165) is 12.8 Å². The van der Waals surface area contributed by atoms with Crippen molar-refractivity contribution in [3.8, 4) is 0 Å². The lowest BCUT2D eigenvalue weighted by Gasteiger charge is -2.39. The molecule has 1 aromatic carbocycles. The molecule has 0 spiro atoms. The molecule has 21 heavy (non-hydrogen) atoms. The number of nitrogens with zero attached hydrogens (tertiary/aromatic N) is 2. The molecular formula is C14H17BrN2O4. The van der Waals surface area contributed by atoms with Crippen molar-refractivity contribution in [1.82, 2.24) is 4.90 Å². The van der Waals surface area contributed by atoms with E-state index in [4.69, 9.17) is 4.74 Å². The predicted molar refractivity (Wildman–Crippen MR) is 81.3 cm³/mol. The van der Waals surface area contributed by atoms with Crippen LogP contribution in [0.3, 0.4) is 0 Å². The van der Waals surface area contributed by atoms with Gasteiger partial charge in [0.1, 0.15) is 0 Å². The van der Waals surface area contributed by atoms with Crippen molar-refractivity contribution in [2.45, 2.75) is 25.4 Å². The third kappa shape index (κ3) is 3.41. The van der Waals surface area contributed by atoms with Crippen LogP contribution in [0, 0.1) is 10.1 Å². The molecule has 114 valence electrons. The van der Waals surface area contributed by atoms with E-state index in [1.54, 1.807) is 18.1 Å². The fraction of sp³-hybridized carbons (Fsp3) is 0.500. The van der Waals surface area contributed by atoms with Gasteiger partial charge in [-0.2, -0.15) is 0 Å². The minimum Gasteiger partial charge on any atom is -0.377 e. The first-order valence-corrected chi connectivity index (χ1v) is 7.44. The van der Waals surface area contributed by atoms with Gasteiger partial charge in [-0.25, -0.2) is 0 Å². The predicted octanol–water partition coefficient (Wildman–Crippen LogP) is 3.00. The number of rotatable bonds is 3. The first kappa shape index (κ1) is 15.9. The van der Waals surface area contributed by atoms with Crippen molar-refractivity contribution in [2.24, 2.45) is 0 Å². The van der Waals surface area contributed by atoms with Crippen LogP contribution in [-0.2, 0) is 4.74 Å². The van der Waals surface area contributed by atoms with Gasteiger partial charge < -0.3 is 9.64 Å². The maximum absolute atomic E-state index is 12.5. The summed E-state index contributed by atoms with van der Waals surface area (Å²) >= 11 is 3.12. The molecule has 1 heterocycles.